The summed E-state index contributed by atoms with van der Waals surface area (Å²) in [6.45, 7) is 4.85. The summed E-state index contributed by atoms with van der Waals surface area (Å²) in [6, 6.07) is 4.41. The van der Waals surface area contributed by atoms with Crippen LogP contribution in [0.3, 0.4) is 0 Å². The Labute approximate surface area is 321 Å². The molecule has 1 unspecified atom stereocenters. The van der Waals surface area contributed by atoms with Crippen LogP contribution in [-0.2, 0) is 42.0 Å². The van der Waals surface area contributed by atoms with Gasteiger partial charge in [-0.3, -0.25) is 19.1 Å². The van der Waals surface area contributed by atoms with Gasteiger partial charge in [0, 0.05) is 23.3 Å². The number of hydrogen-bond donors (Lipinski definition) is 4. The lowest BCUT2D eigenvalue weighted by Gasteiger charge is -2.35. The number of methoxy groups -OCH3 is 1. The number of sulfonamides is 1. The number of amides is 4. The number of ether oxygens (including phenoxy) is 3. The molecule has 55 heavy (non-hydrogen) atoms. The second-order valence-electron chi connectivity index (χ2n) is 16.5. The van der Waals surface area contributed by atoms with Gasteiger partial charge < -0.3 is 34.9 Å². The number of carbonyl (C=O) groups excluding carboxylic acids is 4. The number of rotatable bonds is 7. The molecule has 5 aliphatic rings. The van der Waals surface area contributed by atoms with E-state index in [1.807, 2.05) is 18.2 Å². The van der Waals surface area contributed by atoms with Crippen molar-refractivity contribution >= 4 is 44.7 Å². The Kier molecular flexibility index (Phi) is 10.3. The number of aromatic nitrogens is 1. The van der Waals surface area contributed by atoms with E-state index in [2.05, 4.69) is 15.4 Å². The fourth-order valence-electron chi connectivity index (χ4n) is 8.01. The summed E-state index contributed by atoms with van der Waals surface area (Å²) in [5, 5.41) is 18.1. The number of aliphatic hydroxyl groups is 1. The van der Waals surface area contributed by atoms with Crippen molar-refractivity contribution < 1.29 is 46.9 Å². The highest BCUT2D eigenvalue weighted by molar-refractivity contribution is 7.91. The molecular weight excluding hydrogens is 731 g/mol. The van der Waals surface area contributed by atoms with E-state index in [-0.39, 0.29) is 25.8 Å². The van der Waals surface area contributed by atoms with Crippen molar-refractivity contribution in [1.29, 1.82) is 0 Å². The molecule has 1 aromatic heterocycles. The molecule has 4 amide bonds. The van der Waals surface area contributed by atoms with Crippen LogP contribution < -0.4 is 24.8 Å². The molecule has 1 aromatic carbocycles. The van der Waals surface area contributed by atoms with Gasteiger partial charge in [0.1, 0.15) is 29.0 Å². The second-order valence-corrected chi connectivity index (χ2v) is 18.5. The van der Waals surface area contributed by atoms with Crippen LogP contribution in [0.15, 0.2) is 30.4 Å². The summed E-state index contributed by atoms with van der Waals surface area (Å²) in [5.74, 6) is -2.18. The fraction of sp³-hybridized carbons (Fsp3) is 0.615. The van der Waals surface area contributed by atoms with Crippen LogP contribution in [0.5, 0.6) is 11.6 Å². The van der Waals surface area contributed by atoms with E-state index in [1.165, 1.54) is 0 Å². The molecule has 5 atom stereocenters. The van der Waals surface area contributed by atoms with Crippen molar-refractivity contribution in [3.8, 4) is 11.6 Å². The number of fused-ring (bicyclic) bond motifs is 5. The highest BCUT2D eigenvalue weighted by Crippen LogP contribution is 2.47. The first kappa shape index (κ1) is 38.8. The van der Waals surface area contributed by atoms with Crippen LogP contribution >= 0.6 is 0 Å². The van der Waals surface area contributed by atoms with Gasteiger partial charge in [-0.2, -0.15) is 0 Å². The maximum Gasteiger partial charge on any atom is 0.408 e. The largest absolute Gasteiger partial charge is 0.497 e. The topological polar surface area (TPSA) is 203 Å². The Morgan fingerprint density at radius 1 is 1.04 bits per heavy atom. The van der Waals surface area contributed by atoms with E-state index in [0.717, 1.165) is 40.7 Å². The SMILES string of the molecule is COc1ccc2nc(O[C@H]3CN4C(=O)C(NC(=O)OC(C)(C)C)CCCCCC=C[C@@H]5C[C@@]5(C(=O)NS(=O)(=O)C5CC5)NC(=O)[C@]4(O)C3)c3c(c2c1)CCC3. The minimum atomic E-state index is -3.96. The lowest BCUT2D eigenvalue weighted by atomic mass is 10.0. The first-order valence-electron chi connectivity index (χ1n) is 19.3. The van der Waals surface area contributed by atoms with Crippen LogP contribution in [0, 0.1) is 5.92 Å². The minimum Gasteiger partial charge on any atom is -0.497 e. The molecule has 2 aliphatic heterocycles. The molecule has 3 aliphatic carbocycles. The minimum absolute atomic E-state index is 0.103. The Morgan fingerprint density at radius 3 is 2.53 bits per heavy atom. The van der Waals surface area contributed by atoms with Crippen molar-refractivity contribution in [1.82, 2.24) is 25.2 Å². The summed E-state index contributed by atoms with van der Waals surface area (Å²) in [7, 11) is -2.36. The van der Waals surface area contributed by atoms with Crippen molar-refractivity contribution in [3.05, 3.63) is 41.5 Å². The van der Waals surface area contributed by atoms with Gasteiger partial charge in [-0.1, -0.05) is 25.0 Å². The van der Waals surface area contributed by atoms with Crippen LogP contribution in [0.4, 0.5) is 4.79 Å². The molecule has 298 valence electrons. The van der Waals surface area contributed by atoms with E-state index < -0.39 is 74.0 Å². The molecule has 0 spiro atoms. The number of alkyl carbamates (subject to hydrolysis) is 1. The number of hydrogen-bond acceptors (Lipinski definition) is 11. The van der Waals surface area contributed by atoms with Gasteiger partial charge in [-0.15, -0.1) is 0 Å². The zero-order chi connectivity index (χ0) is 39.3. The van der Waals surface area contributed by atoms with Gasteiger partial charge in [-0.25, -0.2) is 18.2 Å². The smallest absolute Gasteiger partial charge is 0.408 e. The van der Waals surface area contributed by atoms with Crippen molar-refractivity contribution in [3.63, 3.8) is 0 Å². The maximum absolute atomic E-state index is 14.6. The average Bonchev–Trinajstić information content (AvgIpc) is 4.01. The first-order chi connectivity index (χ1) is 26.0. The van der Waals surface area contributed by atoms with E-state index in [0.29, 0.717) is 55.7 Å². The van der Waals surface area contributed by atoms with Gasteiger partial charge in [0.15, 0.2) is 0 Å². The number of nitrogens with one attached hydrogen (secondary N) is 3. The van der Waals surface area contributed by atoms with Crippen LogP contribution in [0.2, 0.25) is 0 Å². The third kappa shape index (κ3) is 7.98. The molecule has 0 bridgehead atoms. The molecule has 1 saturated heterocycles. The standard InChI is InChI=1S/C39H51N5O10S/c1-37(2,3)54-36(48)41-31-14-9-7-5-6-8-11-23-20-38(23,34(46)43-55(50,51)26-16-17-26)42-35(47)39(49)21-25(22-44(39)33(31)45)53-32-28-13-10-12-27(28)29-19-24(52-4)15-18-30(29)40-32/h8,11,15,18-19,23,25-26,31,49H,5-7,9-10,12-14,16-17,20-22H2,1-4H3,(H,41,48)(H,42,47)(H,43,46)/t23-,25-,31?,38-,39-/m1/s1. The average molecular weight is 782 g/mol. The zero-order valence-corrected chi connectivity index (χ0v) is 32.6. The van der Waals surface area contributed by atoms with Crippen molar-refractivity contribution in [2.75, 3.05) is 13.7 Å². The van der Waals surface area contributed by atoms with Crippen LogP contribution in [-0.4, -0.2) is 95.1 Å². The maximum atomic E-state index is 14.6. The van der Waals surface area contributed by atoms with E-state index >= 15 is 0 Å². The Hall–Kier alpha value is -4.44. The van der Waals surface area contributed by atoms with Crippen molar-refractivity contribution in [2.45, 2.75) is 132 Å². The third-order valence-corrected chi connectivity index (χ3v) is 13.0. The van der Waals surface area contributed by atoms with Gasteiger partial charge in [0.25, 0.3) is 11.8 Å². The lowest BCUT2D eigenvalue weighted by Crippen LogP contribution is -2.64. The molecule has 15 nitrogen and oxygen atoms in total. The third-order valence-electron chi connectivity index (χ3n) is 11.2. The highest BCUT2D eigenvalue weighted by atomic mass is 32.2. The molecule has 7 rings (SSSR count). The Morgan fingerprint density at radius 2 is 1.80 bits per heavy atom. The van der Waals surface area contributed by atoms with E-state index in [1.54, 1.807) is 40.0 Å². The van der Waals surface area contributed by atoms with Gasteiger partial charge >= 0.3 is 6.09 Å². The van der Waals surface area contributed by atoms with Crippen LogP contribution in [0.25, 0.3) is 10.9 Å². The number of nitrogens with zero attached hydrogens (tertiary/aromatic N) is 2. The van der Waals surface area contributed by atoms with Gasteiger partial charge in [0.05, 0.1) is 24.4 Å². The molecule has 16 heteroatoms. The zero-order valence-electron chi connectivity index (χ0n) is 31.8. The molecule has 3 fully saturated rings. The summed E-state index contributed by atoms with van der Waals surface area (Å²) in [4.78, 5) is 61.7. The second kappa shape index (κ2) is 14.6. The number of aryl methyl sites for hydroxylation is 1. The molecule has 4 N–H and O–H groups in total. The molecule has 2 aromatic rings. The highest BCUT2D eigenvalue weighted by Gasteiger charge is 2.64. The predicted molar refractivity (Wildman–Crippen MR) is 200 cm³/mol. The normalized spacial score (nSPS) is 28.5. The number of carbonyl (C=O) groups is 4. The Balaban J connectivity index is 1.23. The van der Waals surface area contributed by atoms with Gasteiger partial charge in [0.2, 0.25) is 27.5 Å². The summed E-state index contributed by atoms with van der Waals surface area (Å²) >= 11 is 0. The number of allylic oxidation sites excluding steroid dienone is 1. The first-order valence-corrected chi connectivity index (χ1v) is 20.8. The van der Waals surface area contributed by atoms with E-state index in [4.69, 9.17) is 19.2 Å². The molecule has 0 radical (unpaired) electrons. The summed E-state index contributed by atoms with van der Waals surface area (Å²) in [6.07, 6.45) is 7.75. The van der Waals surface area contributed by atoms with Crippen molar-refractivity contribution in [2.24, 2.45) is 5.92 Å². The van der Waals surface area contributed by atoms with Crippen LogP contribution in [0.1, 0.15) is 96.1 Å². The molecular formula is C39H51N5O10S. The number of pyridine rings is 1. The summed E-state index contributed by atoms with van der Waals surface area (Å²) in [5.41, 5.74) is -2.42. The molecule has 3 heterocycles. The summed E-state index contributed by atoms with van der Waals surface area (Å²) < 4.78 is 45.3. The number of benzene rings is 1. The monoisotopic (exact) mass is 781 g/mol. The fourth-order valence-corrected chi connectivity index (χ4v) is 9.38. The quantitative estimate of drug-likeness (QED) is 0.300. The van der Waals surface area contributed by atoms with E-state index in [9.17, 15) is 32.7 Å². The molecule has 2 saturated carbocycles. The van der Waals surface area contributed by atoms with Gasteiger partial charge in [-0.05, 0) is 102 Å². The predicted octanol–water partition coefficient (Wildman–Crippen LogP) is 3.30. The lowest BCUT2D eigenvalue weighted by molar-refractivity contribution is -0.170. The Bertz CT molecular complexity index is 2030.